The lowest BCUT2D eigenvalue weighted by atomic mass is 10.1. The van der Waals surface area contributed by atoms with Crippen molar-refractivity contribution in [3.05, 3.63) is 23.8 Å². The molecule has 0 saturated carbocycles. The number of piperazine rings is 1. The van der Waals surface area contributed by atoms with Gasteiger partial charge in [-0.15, -0.1) is 11.8 Å². The van der Waals surface area contributed by atoms with Crippen LogP contribution in [-0.4, -0.2) is 48.7 Å². The molecule has 4 nitrogen and oxygen atoms in total. The number of rotatable bonds is 5. The van der Waals surface area contributed by atoms with Gasteiger partial charge in [-0.3, -0.25) is 10.3 Å². The van der Waals surface area contributed by atoms with E-state index < -0.39 is 0 Å². The monoisotopic (exact) mass is 306 g/mol. The molecule has 0 bridgehead atoms. The van der Waals surface area contributed by atoms with Crippen molar-refractivity contribution in [2.45, 2.75) is 31.7 Å². The normalized spacial score (nSPS) is 19.8. The maximum Gasteiger partial charge on any atom is 0.126 e. The average molecular weight is 306 g/mol. The van der Waals surface area contributed by atoms with E-state index in [0.717, 1.165) is 48.1 Å². The Morgan fingerprint density at radius 2 is 2.14 bits per heavy atom. The molecule has 21 heavy (non-hydrogen) atoms. The molecule has 1 saturated heterocycles. The lowest BCUT2D eigenvalue weighted by molar-refractivity contribution is 0.199. The van der Waals surface area contributed by atoms with Crippen molar-refractivity contribution in [1.82, 2.24) is 4.90 Å². The predicted molar refractivity (Wildman–Crippen MR) is 92.8 cm³/mol. The summed E-state index contributed by atoms with van der Waals surface area (Å²) in [4.78, 5) is 6.00. The molecule has 5 heteroatoms. The molecule has 0 aromatic heterocycles. The molecule has 116 valence electrons. The first-order valence-corrected chi connectivity index (χ1v) is 8.66. The summed E-state index contributed by atoms with van der Waals surface area (Å²) in [5.74, 6) is 1.16. The summed E-state index contributed by atoms with van der Waals surface area (Å²) in [6, 6.07) is 6.78. The first kappa shape index (κ1) is 16.2. The summed E-state index contributed by atoms with van der Waals surface area (Å²) in [5.41, 5.74) is 7.89. The molecule has 3 N–H and O–H groups in total. The predicted octanol–water partition coefficient (Wildman–Crippen LogP) is 2.61. The average Bonchev–Trinajstić information content (AvgIpc) is 2.47. The Bertz CT molecular complexity index is 503. The minimum Gasteiger partial charge on any atom is -0.384 e. The summed E-state index contributed by atoms with van der Waals surface area (Å²) in [6.07, 6.45) is 0. The van der Waals surface area contributed by atoms with Gasteiger partial charge in [-0.1, -0.05) is 19.9 Å². The number of hydrogen-bond donors (Lipinski definition) is 2. The number of hydrogen-bond acceptors (Lipinski definition) is 4. The van der Waals surface area contributed by atoms with Gasteiger partial charge in [0, 0.05) is 36.3 Å². The van der Waals surface area contributed by atoms with Crippen LogP contribution in [0.4, 0.5) is 5.69 Å². The number of thioether (sulfide) groups is 1. The zero-order chi connectivity index (χ0) is 15.4. The van der Waals surface area contributed by atoms with Gasteiger partial charge in [0.25, 0.3) is 0 Å². The Balaban J connectivity index is 2.31. The third-order valence-corrected chi connectivity index (χ3v) is 5.03. The Labute approximate surface area is 132 Å². The molecule has 0 amide bonds. The second-order valence-electron chi connectivity index (χ2n) is 5.42. The zero-order valence-electron chi connectivity index (χ0n) is 13.2. The molecule has 1 aliphatic rings. The molecule has 2 rings (SSSR count). The molecule has 1 aromatic rings. The van der Waals surface area contributed by atoms with Crippen LogP contribution in [0.2, 0.25) is 0 Å². The number of nitrogens with zero attached hydrogens (tertiary/aromatic N) is 2. The van der Waals surface area contributed by atoms with Crippen molar-refractivity contribution < 1.29 is 0 Å². The van der Waals surface area contributed by atoms with Crippen LogP contribution in [0.1, 0.15) is 26.3 Å². The molecular weight excluding hydrogens is 280 g/mol. The van der Waals surface area contributed by atoms with E-state index in [1.165, 1.54) is 0 Å². The largest absolute Gasteiger partial charge is 0.384 e. The van der Waals surface area contributed by atoms with Gasteiger partial charge in [-0.2, -0.15) is 0 Å². The van der Waals surface area contributed by atoms with E-state index in [0.29, 0.717) is 6.04 Å². The number of likely N-dealkylation sites (N-methyl/N-ethyl adjacent to an activating group) is 1. The molecule has 0 radical (unpaired) electrons. The van der Waals surface area contributed by atoms with Gasteiger partial charge in [0.15, 0.2) is 0 Å². The van der Waals surface area contributed by atoms with E-state index in [2.05, 4.69) is 48.8 Å². The Hall–Kier alpha value is -1.20. The van der Waals surface area contributed by atoms with E-state index in [4.69, 9.17) is 11.1 Å². The van der Waals surface area contributed by atoms with Crippen molar-refractivity contribution in [3.63, 3.8) is 0 Å². The van der Waals surface area contributed by atoms with Gasteiger partial charge in [0.1, 0.15) is 5.84 Å². The quantitative estimate of drug-likeness (QED) is 0.499. The Morgan fingerprint density at radius 1 is 1.38 bits per heavy atom. The van der Waals surface area contributed by atoms with Crippen LogP contribution in [0.25, 0.3) is 0 Å². The van der Waals surface area contributed by atoms with Crippen LogP contribution in [-0.2, 0) is 0 Å². The summed E-state index contributed by atoms with van der Waals surface area (Å²) < 4.78 is 0. The molecule has 1 aromatic carbocycles. The first-order valence-electron chi connectivity index (χ1n) is 7.67. The van der Waals surface area contributed by atoms with Crippen molar-refractivity contribution in [2.75, 3.05) is 36.8 Å². The van der Waals surface area contributed by atoms with Crippen LogP contribution in [0, 0.1) is 5.41 Å². The zero-order valence-corrected chi connectivity index (χ0v) is 14.0. The number of amidine groups is 1. The second-order valence-corrected chi connectivity index (χ2v) is 6.73. The minimum absolute atomic E-state index is 0.173. The van der Waals surface area contributed by atoms with Gasteiger partial charge in [0.2, 0.25) is 0 Å². The van der Waals surface area contributed by atoms with Crippen LogP contribution in [0.5, 0.6) is 0 Å². The standard InChI is InChI=1S/C16H26N4S/c1-4-19-9-10-20(11-12(19)3)13-7-6-8-14(21-5-2)15(13)16(17)18/h6-8,12H,4-5,9-11H2,1-3H3,(H3,17,18). The number of anilines is 1. The summed E-state index contributed by atoms with van der Waals surface area (Å²) in [7, 11) is 0. The second kappa shape index (κ2) is 7.18. The SMILES string of the molecule is CCSc1cccc(N2CCN(CC)C(C)C2)c1C(=N)N. The highest BCUT2D eigenvalue weighted by Gasteiger charge is 2.25. The van der Waals surface area contributed by atoms with Crippen molar-refractivity contribution in [2.24, 2.45) is 5.73 Å². The fraction of sp³-hybridized carbons (Fsp3) is 0.562. The van der Waals surface area contributed by atoms with E-state index >= 15 is 0 Å². The highest BCUT2D eigenvalue weighted by atomic mass is 32.2. The number of nitrogens with one attached hydrogen (secondary N) is 1. The van der Waals surface area contributed by atoms with Crippen molar-refractivity contribution in [3.8, 4) is 0 Å². The van der Waals surface area contributed by atoms with E-state index in [1.807, 2.05) is 0 Å². The lowest BCUT2D eigenvalue weighted by Crippen LogP contribution is -2.52. The van der Waals surface area contributed by atoms with Crippen molar-refractivity contribution >= 4 is 23.3 Å². The molecule has 1 atom stereocenters. The number of nitrogens with two attached hydrogens (primary N) is 1. The molecule has 0 spiro atoms. The fourth-order valence-electron chi connectivity index (χ4n) is 3.01. The summed E-state index contributed by atoms with van der Waals surface area (Å²) in [6.45, 7) is 10.8. The molecule has 0 aliphatic carbocycles. The van der Waals surface area contributed by atoms with E-state index in [9.17, 15) is 0 Å². The van der Waals surface area contributed by atoms with Crippen LogP contribution in [0.15, 0.2) is 23.1 Å². The Kier molecular flexibility index (Phi) is 5.53. The van der Waals surface area contributed by atoms with Gasteiger partial charge in [-0.05, 0) is 31.4 Å². The molecule has 1 aliphatic heterocycles. The molecular formula is C16H26N4S. The maximum absolute atomic E-state index is 7.97. The Morgan fingerprint density at radius 3 is 2.71 bits per heavy atom. The fourth-order valence-corrected chi connectivity index (χ4v) is 3.86. The van der Waals surface area contributed by atoms with Gasteiger partial charge in [-0.25, -0.2) is 0 Å². The topological polar surface area (TPSA) is 56.4 Å². The minimum atomic E-state index is 0.173. The van der Waals surface area contributed by atoms with Gasteiger partial charge in [0.05, 0.1) is 5.56 Å². The lowest BCUT2D eigenvalue weighted by Gasteiger charge is -2.41. The third-order valence-electron chi connectivity index (χ3n) is 4.09. The molecule has 1 fully saturated rings. The van der Waals surface area contributed by atoms with Crippen LogP contribution < -0.4 is 10.6 Å². The maximum atomic E-state index is 7.97. The molecule has 1 heterocycles. The number of benzene rings is 1. The third kappa shape index (κ3) is 3.52. The molecule has 1 unspecified atom stereocenters. The van der Waals surface area contributed by atoms with Gasteiger partial charge < -0.3 is 10.6 Å². The van der Waals surface area contributed by atoms with E-state index in [1.54, 1.807) is 11.8 Å². The van der Waals surface area contributed by atoms with Crippen LogP contribution >= 0.6 is 11.8 Å². The van der Waals surface area contributed by atoms with Gasteiger partial charge >= 0.3 is 0 Å². The highest BCUT2D eigenvalue weighted by molar-refractivity contribution is 7.99. The summed E-state index contributed by atoms with van der Waals surface area (Å²) >= 11 is 1.76. The number of nitrogen functional groups attached to an aromatic ring is 1. The van der Waals surface area contributed by atoms with Crippen molar-refractivity contribution in [1.29, 1.82) is 5.41 Å². The first-order chi connectivity index (χ1) is 10.1. The summed E-state index contributed by atoms with van der Waals surface area (Å²) in [5, 5.41) is 7.97. The smallest absolute Gasteiger partial charge is 0.126 e. The van der Waals surface area contributed by atoms with E-state index in [-0.39, 0.29) is 5.84 Å². The highest BCUT2D eigenvalue weighted by Crippen LogP contribution is 2.31. The van der Waals surface area contributed by atoms with Crippen LogP contribution in [0.3, 0.4) is 0 Å².